The monoisotopic (exact) mass is 344 g/mol. The molecule has 126 valence electrons. The fourth-order valence-electron chi connectivity index (χ4n) is 3.06. The number of aromatic nitrogens is 2. The SMILES string of the molecule is O=C(NCc1cn2c(n1)SCC2)c1ccccc1N1CCOCC1. The molecule has 4 rings (SSSR count). The number of imidazole rings is 1. The smallest absolute Gasteiger partial charge is 0.253 e. The molecule has 1 fully saturated rings. The lowest BCUT2D eigenvalue weighted by Crippen LogP contribution is -2.37. The van der Waals surface area contributed by atoms with Crippen molar-refractivity contribution in [3.63, 3.8) is 0 Å². The van der Waals surface area contributed by atoms with E-state index < -0.39 is 0 Å². The summed E-state index contributed by atoms with van der Waals surface area (Å²) in [5, 5.41) is 4.05. The van der Waals surface area contributed by atoms with Gasteiger partial charge in [-0.2, -0.15) is 0 Å². The maximum atomic E-state index is 12.6. The Morgan fingerprint density at radius 1 is 1.25 bits per heavy atom. The van der Waals surface area contributed by atoms with Gasteiger partial charge in [0.15, 0.2) is 5.16 Å². The number of hydrogen-bond acceptors (Lipinski definition) is 5. The first kappa shape index (κ1) is 15.5. The third-order valence-electron chi connectivity index (χ3n) is 4.28. The summed E-state index contributed by atoms with van der Waals surface area (Å²) in [6.45, 7) is 4.49. The van der Waals surface area contributed by atoms with Crippen molar-refractivity contribution < 1.29 is 9.53 Å². The van der Waals surface area contributed by atoms with E-state index in [9.17, 15) is 4.79 Å². The lowest BCUT2D eigenvalue weighted by Gasteiger charge is -2.30. The van der Waals surface area contributed by atoms with Gasteiger partial charge in [-0.1, -0.05) is 23.9 Å². The molecule has 1 amide bonds. The molecule has 1 aromatic carbocycles. The number of carbonyl (C=O) groups is 1. The van der Waals surface area contributed by atoms with Gasteiger partial charge in [0.25, 0.3) is 5.91 Å². The predicted molar refractivity (Wildman–Crippen MR) is 93.6 cm³/mol. The zero-order valence-corrected chi connectivity index (χ0v) is 14.2. The van der Waals surface area contributed by atoms with Gasteiger partial charge in [-0.15, -0.1) is 0 Å². The van der Waals surface area contributed by atoms with E-state index in [0.29, 0.717) is 25.3 Å². The Balaban J connectivity index is 1.45. The van der Waals surface area contributed by atoms with Crippen LogP contribution in [0.1, 0.15) is 16.1 Å². The Kier molecular flexibility index (Phi) is 4.44. The molecule has 1 aromatic heterocycles. The van der Waals surface area contributed by atoms with Crippen molar-refractivity contribution in [3.05, 3.63) is 41.7 Å². The van der Waals surface area contributed by atoms with Gasteiger partial charge in [0.05, 0.1) is 31.0 Å². The second-order valence-corrected chi connectivity index (χ2v) is 6.92. The number of morpholine rings is 1. The number of hydrogen-bond donors (Lipinski definition) is 1. The summed E-state index contributed by atoms with van der Waals surface area (Å²) >= 11 is 1.76. The minimum atomic E-state index is -0.0575. The van der Waals surface area contributed by atoms with Crippen LogP contribution >= 0.6 is 11.8 Å². The van der Waals surface area contributed by atoms with Gasteiger partial charge < -0.3 is 19.5 Å². The van der Waals surface area contributed by atoms with Gasteiger partial charge in [0.2, 0.25) is 0 Å². The first-order valence-electron chi connectivity index (χ1n) is 8.20. The Morgan fingerprint density at radius 3 is 2.92 bits per heavy atom. The van der Waals surface area contributed by atoms with E-state index in [1.165, 1.54) is 0 Å². The number of para-hydroxylation sites is 1. The zero-order chi connectivity index (χ0) is 16.4. The molecule has 6 nitrogen and oxygen atoms in total. The Bertz CT molecular complexity index is 718. The van der Waals surface area contributed by atoms with Gasteiger partial charge in [0.1, 0.15) is 0 Å². The standard InChI is InChI=1S/C17H20N4O2S/c22-16(18-11-13-12-21-7-10-24-17(21)19-13)14-3-1-2-4-15(14)20-5-8-23-9-6-20/h1-4,12H,5-11H2,(H,18,22). The molecule has 24 heavy (non-hydrogen) atoms. The summed E-state index contributed by atoms with van der Waals surface area (Å²) in [6, 6.07) is 7.75. The van der Waals surface area contributed by atoms with Crippen molar-refractivity contribution in [2.24, 2.45) is 0 Å². The van der Waals surface area contributed by atoms with Gasteiger partial charge in [0, 0.05) is 37.3 Å². The van der Waals surface area contributed by atoms with E-state index in [1.54, 1.807) is 11.8 Å². The number of carbonyl (C=O) groups excluding carboxylic acids is 1. The molecular formula is C17H20N4O2S. The minimum absolute atomic E-state index is 0.0575. The van der Waals surface area contributed by atoms with Crippen LogP contribution in [0.2, 0.25) is 0 Å². The van der Waals surface area contributed by atoms with Gasteiger partial charge in [-0.25, -0.2) is 4.98 Å². The largest absolute Gasteiger partial charge is 0.378 e. The molecule has 3 heterocycles. The number of anilines is 1. The lowest BCUT2D eigenvalue weighted by atomic mass is 10.1. The molecular weight excluding hydrogens is 324 g/mol. The molecule has 0 bridgehead atoms. The maximum Gasteiger partial charge on any atom is 0.253 e. The summed E-state index contributed by atoms with van der Waals surface area (Å²) in [4.78, 5) is 19.4. The fraction of sp³-hybridized carbons (Fsp3) is 0.412. The average Bonchev–Trinajstić information content (AvgIpc) is 3.22. The summed E-state index contributed by atoms with van der Waals surface area (Å²) in [5.74, 6) is 1.03. The molecule has 1 N–H and O–H groups in total. The highest BCUT2D eigenvalue weighted by Crippen LogP contribution is 2.25. The van der Waals surface area contributed by atoms with Crippen molar-refractivity contribution in [2.75, 3.05) is 37.0 Å². The highest BCUT2D eigenvalue weighted by Gasteiger charge is 2.19. The summed E-state index contributed by atoms with van der Waals surface area (Å²) in [6.07, 6.45) is 2.03. The summed E-state index contributed by atoms with van der Waals surface area (Å²) < 4.78 is 7.55. The van der Waals surface area contributed by atoms with Crippen molar-refractivity contribution in [3.8, 4) is 0 Å². The Hall–Kier alpha value is -1.99. The molecule has 0 spiro atoms. The van der Waals surface area contributed by atoms with Gasteiger partial charge >= 0.3 is 0 Å². The highest BCUT2D eigenvalue weighted by molar-refractivity contribution is 7.99. The van der Waals surface area contributed by atoms with Crippen molar-refractivity contribution >= 4 is 23.4 Å². The molecule has 2 aliphatic heterocycles. The summed E-state index contributed by atoms with van der Waals surface area (Å²) in [5.41, 5.74) is 2.59. The molecule has 1 saturated heterocycles. The number of ether oxygens (including phenoxy) is 1. The predicted octanol–water partition coefficient (Wildman–Crippen LogP) is 1.76. The first-order chi connectivity index (χ1) is 11.8. The van der Waals surface area contributed by atoms with E-state index in [0.717, 1.165) is 41.9 Å². The Morgan fingerprint density at radius 2 is 2.08 bits per heavy atom. The minimum Gasteiger partial charge on any atom is -0.378 e. The molecule has 7 heteroatoms. The van der Waals surface area contributed by atoms with Crippen LogP contribution < -0.4 is 10.2 Å². The lowest BCUT2D eigenvalue weighted by molar-refractivity contribution is 0.0949. The van der Waals surface area contributed by atoms with E-state index in [-0.39, 0.29) is 5.91 Å². The molecule has 2 aromatic rings. The molecule has 0 saturated carbocycles. The summed E-state index contributed by atoms with van der Waals surface area (Å²) in [7, 11) is 0. The number of nitrogens with one attached hydrogen (secondary N) is 1. The number of rotatable bonds is 4. The van der Waals surface area contributed by atoms with Crippen molar-refractivity contribution in [2.45, 2.75) is 18.2 Å². The molecule has 0 unspecified atom stereocenters. The third-order valence-corrected chi connectivity index (χ3v) is 5.25. The van der Waals surface area contributed by atoms with Gasteiger partial charge in [-0.05, 0) is 12.1 Å². The maximum absolute atomic E-state index is 12.6. The normalized spacial score (nSPS) is 16.9. The van der Waals surface area contributed by atoms with Gasteiger partial charge in [-0.3, -0.25) is 4.79 Å². The number of nitrogens with zero attached hydrogens (tertiary/aromatic N) is 3. The number of thioether (sulfide) groups is 1. The van der Waals surface area contributed by atoms with Crippen molar-refractivity contribution in [1.82, 2.24) is 14.9 Å². The number of fused-ring (bicyclic) bond motifs is 1. The zero-order valence-electron chi connectivity index (χ0n) is 13.4. The van der Waals surface area contributed by atoms with Crippen LogP contribution in [-0.2, 0) is 17.8 Å². The van der Waals surface area contributed by atoms with E-state index >= 15 is 0 Å². The second-order valence-electron chi connectivity index (χ2n) is 5.86. The fourth-order valence-corrected chi connectivity index (χ4v) is 4.02. The van der Waals surface area contributed by atoms with E-state index in [1.807, 2.05) is 30.5 Å². The van der Waals surface area contributed by atoms with Crippen LogP contribution in [0.4, 0.5) is 5.69 Å². The third kappa shape index (κ3) is 3.14. The van der Waals surface area contributed by atoms with Crippen LogP contribution in [0.25, 0.3) is 0 Å². The second kappa shape index (κ2) is 6.86. The number of benzene rings is 1. The average molecular weight is 344 g/mol. The van der Waals surface area contributed by atoms with Crippen LogP contribution in [-0.4, -0.2) is 47.5 Å². The van der Waals surface area contributed by atoms with Crippen LogP contribution in [0.15, 0.2) is 35.6 Å². The van der Waals surface area contributed by atoms with Crippen molar-refractivity contribution in [1.29, 1.82) is 0 Å². The van der Waals surface area contributed by atoms with Crippen LogP contribution in [0, 0.1) is 0 Å². The molecule has 2 aliphatic rings. The molecule has 0 atom stereocenters. The number of amides is 1. The van der Waals surface area contributed by atoms with Crippen LogP contribution in [0.3, 0.4) is 0 Å². The quantitative estimate of drug-likeness (QED) is 0.916. The van der Waals surface area contributed by atoms with E-state index in [4.69, 9.17) is 4.74 Å². The highest BCUT2D eigenvalue weighted by atomic mass is 32.2. The molecule has 0 radical (unpaired) electrons. The first-order valence-corrected chi connectivity index (χ1v) is 9.18. The topological polar surface area (TPSA) is 59.4 Å². The number of aryl methyl sites for hydroxylation is 1. The molecule has 0 aliphatic carbocycles. The Labute approximate surface area is 145 Å². The van der Waals surface area contributed by atoms with E-state index in [2.05, 4.69) is 19.8 Å². The van der Waals surface area contributed by atoms with Crippen LogP contribution in [0.5, 0.6) is 0 Å².